The van der Waals surface area contributed by atoms with Gasteiger partial charge < -0.3 is 10.6 Å². The van der Waals surface area contributed by atoms with Crippen molar-refractivity contribution in [1.29, 1.82) is 0 Å². The summed E-state index contributed by atoms with van der Waals surface area (Å²) in [6.07, 6.45) is 1.24. The lowest BCUT2D eigenvalue weighted by atomic mass is 9.82. The highest BCUT2D eigenvalue weighted by Crippen LogP contribution is 2.36. The smallest absolute Gasteiger partial charge is 0.221 e. The fourth-order valence-corrected chi connectivity index (χ4v) is 4.03. The first-order chi connectivity index (χ1) is 9.38. The number of nitrogens with one attached hydrogen (secondary N) is 2. The third-order valence-corrected chi connectivity index (χ3v) is 5.07. The van der Waals surface area contributed by atoms with Gasteiger partial charge in [0.2, 0.25) is 5.91 Å². The van der Waals surface area contributed by atoms with Crippen LogP contribution >= 0.6 is 11.8 Å². The molecule has 1 aliphatic rings. The average Bonchev–Trinajstić information content (AvgIpc) is 2.35. The van der Waals surface area contributed by atoms with Crippen LogP contribution in [0.1, 0.15) is 32.8 Å². The van der Waals surface area contributed by atoms with E-state index in [2.05, 4.69) is 37.5 Å². The number of hydrogen-bond donors (Lipinski definition) is 2. The largest absolute Gasteiger partial charge is 0.381 e. The molecular formula is C16H24N2OS. The third kappa shape index (κ3) is 3.69. The Morgan fingerprint density at radius 3 is 2.80 bits per heavy atom. The van der Waals surface area contributed by atoms with E-state index in [1.165, 1.54) is 24.7 Å². The summed E-state index contributed by atoms with van der Waals surface area (Å²) in [5, 5.41) is 6.53. The molecule has 1 aliphatic heterocycles. The van der Waals surface area contributed by atoms with Crippen molar-refractivity contribution in [3.63, 3.8) is 0 Å². The number of rotatable bonds is 3. The summed E-state index contributed by atoms with van der Waals surface area (Å²) in [6.45, 7) is 8.30. The number of hydrogen-bond acceptors (Lipinski definition) is 3. The molecule has 3 nitrogen and oxygen atoms in total. The fourth-order valence-electron chi connectivity index (χ4n) is 2.42. The van der Waals surface area contributed by atoms with Gasteiger partial charge in [0.15, 0.2) is 0 Å². The normalized spacial score (nSPS) is 21.3. The maximum Gasteiger partial charge on any atom is 0.221 e. The highest BCUT2D eigenvalue weighted by Gasteiger charge is 2.32. The summed E-state index contributed by atoms with van der Waals surface area (Å²) in [6, 6.07) is 6.50. The van der Waals surface area contributed by atoms with Crippen LogP contribution in [0.3, 0.4) is 0 Å². The highest BCUT2D eigenvalue weighted by atomic mass is 32.2. The number of aryl methyl sites for hydroxylation is 1. The summed E-state index contributed by atoms with van der Waals surface area (Å²) in [5.74, 6) is 2.35. The maximum atomic E-state index is 11.2. The van der Waals surface area contributed by atoms with Crippen molar-refractivity contribution in [3.05, 3.63) is 23.8 Å². The molecule has 1 fully saturated rings. The number of amides is 1. The van der Waals surface area contributed by atoms with Crippen LogP contribution < -0.4 is 10.6 Å². The first-order valence-corrected chi connectivity index (χ1v) is 8.26. The van der Waals surface area contributed by atoms with Crippen molar-refractivity contribution < 1.29 is 4.79 Å². The van der Waals surface area contributed by atoms with Gasteiger partial charge in [0, 0.05) is 30.1 Å². The SMILES string of the molecule is CC(=O)Nc1ccc(C)c(NC2CSCCC2(C)C)c1. The van der Waals surface area contributed by atoms with Crippen LogP contribution in [0.5, 0.6) is 0 Å². The zero-order valence-electron chi connectivity index (χ0n) is 12.7. The Balaban J connectivity index is 2.17. The summed E-state index contributed by atoms with van der Waals surface area (Å²) in [5.41, 5.74) is 3.50. The van der Waals surface area contributed by atoms with Gasteiger partial charge in [0.05, 0.1) is 0 Å². The van der Waals surface area contributed by atoms with Crippen LogP contribution in [0, 0.1) is 12.3 Å². The standard InChI is InChI=1S/C16H24N2OS/c1-11-5-6-13(17-12(2)19)9-14(11)18-15-10-20-8-7-16(15,3)4/h5-6,9,15,18H,7-8,10H2,1-4H3,(H,17,19). The minimum absolute atomic E-state index is 0.0339. The minimum Gasteiger partial charge on any atom is -0.381 e. The van der Waals surface area contributed by atoms with Gasteiger partial charge in [-0.2, -0.15) is 11.8 Å². The highest BCUT2D eigenvalue weighted by molar-refractivity contribution is 7.99. The van der Waals surface area contributed by atoms with E-state index in [0.717, 1.165) is 17.1 Å². The monoisotopic (exact) mass is 292 g/mol. The summed E-state index contributed by atoms with van der Waals surface area (Å²) in [4.78, 5) is 11.2. The molecule has 1 saturated heterocycles. The van der Waals surface area contributed by atoms with Gasteiger partial charge >= 0.3 is 0 Å². The molecule has 2 N–H and O–H groups in total. The topological polar surface area (TPSA) is 41.1 Å². The molecule has 0 saturated carbocycles. The molecule has 1 amide bonds. The first-order valence-electron chi connectivity index (χ1n) is 7.11. The quantitative estimate of drug-likeness (QED) is 0.888. The molecule has 0 aromatic heterocycles. The first kappa shape index (κ1) is 15.2. The lowest BCUT2D eigenvalue weighted by molar-refractivity contribution is -0.114. The lowest BCUT2D eigenvalue weighted by Crippen LogP contribution is -2.41. The molecular weight excluding hydrogens is 268 g/mol. The second-order valence-electron chi connectivity index (χ2n) is 6.22. The number of thioether (sulfide) groups is 1. The number of anilines is 2. The zero-order chi connectivity index (χ0) is 14.8. The van der Waals surface area contributed by atoms with Gasteiger partial charge in [-0.3, -0.25) is 4.79 Å². The van der Waals surface area contributed by atoms with Crippen LogP contribution in [0.25, 0.3) is 0 Å². The molecule has 1 heterocycles. The van der Waals surface area contributed by atoms with Gasteiger partial charge in [-0.1, -0.05) is 19.9 Å². The zero-order valence-corrected chi connectivity index (χ0v) is 13.6. The Morgan fingerprint density at radius 1 is 1.40 bits per heavy atom. The molecule has 0 spiro atoms. The van der Waals surface area contributed by atoms with E-state index in [0.29, 0.717) is 11.5 Å². The van der Waals surface area contributed by atoms with Gasteiger partial charge in [0.1, 0.15) is 0 Å². The Labute approximate surface area is 125 Å². The maximum absolute atomic E-state index is 11.2. The summed E-state index contributed by atoms with van der Waals surface area (Å²) >= 11 is 2.01. The number of carbonyl (C=O) groups excluding carboxylic acids is 1. The molecule has 20 heavy (non-hydrogen) atoms. The van der Waals surface area contributed by atoms with E-state index >= 15 is 0 Å². The van der Waals surface area contributed by atoms with E-state index in [9.17, 15) is 4.79 Å². The van der Waals surface area contributed by atoms with Crippen LogP contribution in [0.2, 0.25) is 0 Å². The van der Waals surface area contributed by atoms with Gasteiger partial charge in [0.25, 0.3) is 0 Å². The minimum atomic E-state index is -0.0339. The van der Waals surface area contributed by atoms with Gasteiger partial charge in [-0.15, -0.1) is 0 Å². The Bertz CT molecular complexity index is 499. The van der Waals surface area contributed by atoms with E-state index in [-0.39, 0.29) is 5.91 Å². The van der Waals surface area contributed by atoms with Crippen LogP contribution in [-0.4, -0.2) is 23.5 Å². The molecule has 1 atom stereocenters. The summed E-state index contributed by atoms with van der Waals surface area (Å²) in [7, 11) is 0. The van der Waals surface area contributed by atoms with Gasteiger partial charge in [-0.05, 0) is 42.2 Å². The molecule has 4 heteroatoms. The average molecular weight is 292 g/mol. The predicted octanol–water partition coefficient (Wildman–Crippen LogP) is 3.90. The number of benzene rings is 1. The molecule has 1 unspecified atom stereocenters. The number of carbonyl (C=O) groups is 1. The van der Waals surface area contributed by atoms with Crippen molar-refractivity contribution >= 4 is 29.0 Å². The fraction of sp³-hybridized carbons (Fsp3) is 0.562. The third-order valence-electron chi connectivity index (χ3n) is 4.01. The molecule has 1 aromatic carbocycles. The molecule has 110 valence electrons. The second kappa shape index (κ2) is 6.08. The van der Waals surface area contributed by atoms with Crippen LogP contribution in [0.4, 0.5) is 11.4 Å². The van der Waals surface area contributed by atoms with Crippen molar-refractivity contribution in [2.45, 2.75) is 40.2 Å². The van der Waals surface area contributed by atoms with Crippen molar-refractivity contribution in [2.24, 2.45) is 5.41 Å². The molecule has 0 bridgehead atoms. The van der Waals surface area contributed by atoms with E-state index in [1.54, 1.807) is 0 Å². The Morgan fingerprint density at radius 2 is 2.15 bits per heavy atom. The lowest BCUT2D eigenvalue weighted by Gasteiger charge is -2.39. The van der Waals surface area contributed by atoms with Crippen molar-refractivity contribution in [3.8, 4) is 0 Å². The summed E-state index contributed by atoms with van der Waals surface area (Å²) < 4.78 is 0. The molecule has 0 radical (unpaired) electrons. The van der Waals surface area contributed by atoms with E-state index in [4.69, 9.17) is 0 Å². The molecule has 2 rings (SSSR count). The van der Waals surface area contributed by atoms with Crippen molar-refractivity contribution in [2.75, 3.05) is 22.1 Å². The second-order valence-corrected chi connectivity index (χ2v) is 7.37. The Kier molecular flexibility index (Phi) is 4.63. The molecule has 1 aromatic rings. The Hall–Kier alpha value is -1.16. The van der Waals surface area contributed by atoms with Crippen molar-refractivity contribution in [1.82, 2.24) is 0 Å². The van der Waals surface area contributed by atoms with Crippen LogP contribution in [-0.2, 0) is 4.79 Å². The molecule has 0 aliphatic carbocycles. The van der Waals surface area contributed by atoms with E-state index < -0.39 is 0 Å². The van der Waals surface area contributed by atoms with E-state index in [1.807, 2.05) is 23.9 Å². The van der Waals surface area contributed by atoms with Crippen LogP contribution in [0.15, 0.2) is 18.2 Å². The van der Waals surface area contributed by atoms with Gasteiger partial charge in [-0.25, -0.2) is 0 Å². The predicted molar refractivity (Wildman–Crippen MR) is 88.6 cm³/mol.